The van der Waals surface area contributed by atoms with Gasteiger partial charge in [-0.1, -0.05) is 18.2 Å². The largest absolute Gasteiger partial charge is 0.496 e. The Balaban J connectivity index is 1.63. The van der Waals surface area contributed by atoms with E-state index in [1.54, 1.807) is 24.7 Å². The van der Waals surface area contributed by atoms with Crippen LogP contribution in [0.5, 0.6) is 5.75 Å². The Morgan fingerprint density at radius 3 is 2.57 bits per heavy atom. The summed E-state index contributed by atoms with van der Waals surface area (Å²) in [6.07, 6.45) is 3.14. The normalized spacial score (nSPS) is 10.9. The number of ether oxygens (including phenoxy) is 1. The zero-order valence-electron chi connectivity index (χ0n) is 16.3. The predicted molar refractivity (Wildman–Crippen MR) is 107 cm³/mol. The van der Waals surface area contributed by atoms with E-state index < -0.39 is 17.5 Å². The molecule has 2 heterocycles. The zero-order chi connectivity index (χ0) is 21.3. The highest BCUT2D eigenvalue weighted by molar-refractivity contribution is 5.95. The summed E-state index contributed by atoms with van der Waals surface area (Å²) in [7, 11) is 1.59. The lowest BCUT2D eigenvalue weighted by molar-refractivity contribution is 0.0949. The highest BCUT2D eigenvalue weighted by Gasteiger charge is 2.18. The van der Waals surface area contributed by atoms with Crippen LogP contribution in [0.1, 0.15) is 21.6 Å². The Kier molecular flexibility index (Phi) is 5.14. The van der Waals surface area contributed by atoms with Crippen LogP contribution in [0.4, 0.5) is 8.78 Å². The molecule has 0 bridgehead atoms. The van der Waals surface area contributed by atoms with Gasteiger partial charge in [0.2, 0.25) is 0 Å². The molecule has 0 saturated carbocycles. The molecule has 0 saturated heterocycles. The zero-order valence-corrected chi connectivity index (χ0v) is 16.3. The number of hydrogen-bond acceptors (Lipinski definition) is 4. The van der Waals surface area contributed by atoms with Crippen LogP contribution in [0.3, 0.4) is 0 Å². The molecule has 4 rings (SSSR count). The molecule has 0 aliphatic carbocycles. The number of methoxy groups -OCH3 is 1. The molecule has 0 spiro atoms. The van der Waals surface area contributed by atoms with Crippen molar-refractivity contribution in [1.82, 2.24) is 19.9 Å². The molecule has 4 aromatic rings. The summed E-state index contributed by atoms with van der Waals surface area (Å²) in [4.78, 5) is 17.1. The minimum absolute atomic E-state index is 0.0173. The van der Waals surface area contributed by atoms with Crippen LogP contribution in [0.2, 0.25) is 0 Å². The summed E-state index contributed by atoms with van der Waals surface area (Å²) in [5.41, 5.74) is 3.42. The molecule has 30 heavy (non-hydrogen) atoms. The van der Waals surface area contributed by atoms with E-state index in [1.165, 1.54) is 18.3 Å². The number of rotatable bonds is 5. The van der Waals surface area contributed by atoms with E-state index in [0.29, 0.717) is 28.2 Å². The van der Waals surface area contributed by atoms with Crippen molar-refractivity contribution < 1.29 is 18.3 Å². The van der Waals surface area contributed by atoms with Crippen LogP contribution in [0, 0.1) is 18.6 Å². The maximum Gasteiger partial charge on any atom is 0.254 e. The Hall–Kier alpha value is -3.81. The van der Waals surface area contributed by atoms with Gasteiger partial charge >= 0.3 is 0 Å². The lowest BCUT2D eigenvalue weighted by Crippen LogP contribution is -2.25. The average Bonchev–Trinajstić information content (AvgIpc) is 3.16. The first-order valence-corrected chi connectivity index (χ1v) is 9.18. The third-order valence-corrected chi connectivity index (χ3v) is 4.78. The number of aromatic nitrogens is 3. The molecule has 8 heteroatoms. The third-order valence-electron chi connectivity index (χ3n) is 4.78. The molecule has 0 aliphatic rings. The quantitative estimate of drug-likeness (QED) is 0.544. The maximum atomic E-state index is 13.3. The summed E-state index contributed by atoms with van der Waals surface area (Å²) in [6.45, 7) is 1.74. The number of amides is 1. The summed E-state index contributed by atoms with van der Waals surface area (Å²) < 4.78 is 33.7. The molecular weight excluding hydrogens is 390 g/mol. The van der Waals surface area contributed by atoms with Gasteiger partial charge in [0.15, 0.2) is 5.65 Å². The lowest BCUT2D eigenvalue weighted by Gasteiger charge is -2.10. The van der Waals surface area contributed by atoms with Gasteiger partial charge in [-0.3, -0.25) is 4.79 Å². The summed E-state index contributed by atoms with van der Waals surface area (Å²) in [5, 5.41) is 7.03. The van der Waals surface area contributed by atoms with Crippen molar-refractivity contribution in [2.45, 2.75) is 13.5 Å². The van der Waals surface area contributed by atoms with E-state index in [4.69, 9.17) is 4.74 Å². The first kappa shape index (κ1) is 19.5. The fraction of sp³-hybridized carbons (Fsp3) is 0.136. The summed E-state index contributed by atoms with van der Waals surface area (Å²) in [6, 6.07) is 10.7. The number of fused-ring (bicyclic) bond motifs is 1. The topological polar surface area (TPSA) is 68.5 Å². The van der Waals surface area contributed by atoms with E-state index in [9.17, 15) is 13.6 Å². The first-order valence-electron chi connectivity index (χ1n) is 9.18. The molecule has 1 amide bonds. The van der Waals surface area contributed by atoms with Crippen molar-refractivity contribution >= 4 is 11.6 Å². The molecule has 0 fully saturated rings. The number of carbonyl (C=O) groups excluding carboxylic acids is 1. The average molecular weight is 408 g/mol. The van der Waals surface area contributed by atoms with Crippen molar-refractivity contribution in [3.63, 3.8) is 0 Å². The minimum Gasteiger partial charge on any atom is -0.496 e. The van der Waals surface area contributed by atoms with Gasteiger partial charge in [-0.15, -0.1) is 0 Å². The van der Waals surface area contributed by atoms with Crippen molar-refractivity contribution in [2.75, 3.05) is 7.11 Å². The number of nitrogens with one attached hydrogen (secondary N) is 1. The van der Waals surface area contributed by atoms with Crippen molar-refractivity contribution in [1.29, 1.82) is 0 Å². The second-order valence-electron chi connectivity index (χ2n) is 6.71. The Morgan fingerprint density at radius 1 is 1.10 bits per heavy atom. The molecular formula is C22H18F2N4O2. The van der Waals surface area contributed by atoms with Gasteiger partial charge in [0.25, 0.3) is 5.91 Å². The lowest BCUT2D eigenvalue weighted by atomic mass is 10.1. The molecule has 1 N–H and O–H groups in total. The number of carbonyl (C=O) groups is 1. The SMILES string of the molecule is COc1ccccc1-c1cnn2c(C)c(C(=O)NCc3cc(F)cc(F)c3)cnc12. The van der Waals surface area contributed by atoms with Crippen LogP contribution in [-0.4, -0.2) is 27.6 Å². The smallest absolute Gasteiger partial charge is 0.254 e. The number of hydrogen-bond donors (Lipinski definition) is 1. The van der Waals surface area contributed by atoms with Crippen LogP contribution in [0.15, 0.2) is 54.9 Å². The van der Waals surface area contributed by atoms with Crippen LogP contribution in [-0.2, 0) is 6.54 Å². The van der Waals surface area contributed by atoms with E-state index in [-0.39, 0.29) is 6.54 Å². The van der Waals surface area contributed by atoms with Gasteiger partial charge in [0.1, 0.15) is 17.4 Å². The molecule has 2 aromatic carbocycles. The van der Waals surface area contributed by atoms with Crippen LogP contribution < -0.4 is 10.1 Å². The van der Waals surface area contributed by atoms with Crippen molar-refractivity contribution in [3.05, 3.63) is 83.3 Å². The Bertz CT molecular complexity index is 1230. The van der Waals surface area contributed by atoms with E-state index in [0.717, 1.165) is 17.2 Å². The minimum atomic E-state index is -0.695. The van der Waals surface area contributed by atoms with Crippen molar-refractivity contribution in [2.24, 2.45) is 0 Å². The predicted octanol–water partition coefficient (Wildman–Crippen LogP) is 3.92. The molecule has 152 valence electrons. The van der Waals surface area contributed by atoms with Gasteiger partial charge in [0, 0.05) is 24.4 Å². The molecule has 2 aromatic heterocycles. The fourth-order valence-corrected chi connectivity index (χ4v) is 3.32. The highest BCUT2D eigenvalue weighted by atomic mass is 19.1. The van der Waals surface area contributed by atoms with Gasteiger partial charge in [-0.25, -0.2) is 18.3 Å². The van der Waals surface area contributed by atoms with Crippen LogP contribution >= 0.6 is 0 Å². The third kappa shape index (κ3) is 3.59. The first-order chi connectivity index (χ1) is 14.5. The van der Waals surface area contributed by atoms with Gasteiger partial charge in [0.05, 0.1) is 30.1 Å². The Labute approximate surface area is 171 Å². The van der Waals surface area contributed by atoms with E-state index in [1.807, 2.05) is 24.3 Å². The molecule has 0 unspecified atom stereocenters. The number of benzene rings is 2. The number of aryl methyl sites for hydroxylation is 1. The molecule has 0 aliphatic heterocycles. The number of halogens is 2. The summed E-state index contributed by atoms with van der Waals surface area (Å²) in [5.74, 6) is -1.12. The molecule has 6 nitrogen and oxygen atoms in total. The second kappa shape index (κ2) is 7.90. The number of nitrogens with zero attached hydrogens (tertiary/aromatic N) is 3. The van der Waals surface area contributed by atoms with Gasteiger partial charge in [-0.05, 0) is 30.7 Å². The number of para-hydroxylation sites is 1. The van der Waals surface area contributed by atoms with Crippen LogP contribution in [0.25, 0.3) is 16.8 Å². The Morgan fingerprint density at radius 2 is 1.83 bits per heavy atom. The maximum absolute atomic E-state index is 13.3. The standard InChI is InChI=1S/C22H18F2N4O2/c1-13-18(22(29)26-10-14-7-15(23)9-16(24)8-14)11-25-21-19(12-27-28(13)21)17-5-3-4-6-20(17)30-2/h3-9,11-12H,10H2,1-2H3,(H,26,29). The summed E-state index contributed by atoms with van der Waals surface area (Å²) >= 11 is 0. The van der Waals surface area contributed by atoms with Gasteiger partial charge in [-0.2, -0.15) is 5.10 Å². The monoisotopic (exact) mass is 408 g/mol. The fourth-order valence-electron chi connectivity index (χ4n) is 3.32. The highest BCUT2D eigenvalue weighted by Crippen LogP contribution is 2.32. The van der Waals surface area contributed by atoms with Crippen molar-refractivity contribution in [3.8, 4) is 16.9 Å². The van der Waals surface area contributed by atoms with Gasteiger partial charge < -0.3 is 10.1 Å². The second-order valence-corrected chi connectivity index (χ2v) is 6.71. The van der Waals surface area contributed by atoms with E-state index in [2.05, 4.69) is 15.4 Å². The molecule has 0 atom stereocenters. The van der Waals surface area contributed by atoms with E-state index >= 15 is 0 Å². The molecule has 0 radical (unpaired) electrons.